The van der Waals surface area contributed by atoms with Gasteiger partial charge < -0.3 is 24.8 Å². The van der Waals surface area contributed by atoms with Gasteiger partial charge in [-0.25, -0.2) is 9.78 Å². The zero-order valence-electron chi connectivity index (χ0n) is 29.4. The van der Waals surface area contributed by atoms with E-state index in [0.29, 0.717) is 28.4 Å². The Balaban J connectivity index is 1.55. The van der Waals surface area contributed by atoms with Crippen LogP contribution in [0.2, 0.25) is 0 Å². The van der Waals surface area contributed by atoms with E-state index < -0.39 is 51.8 Å². The number of nitrogens with zero attached hydrogens (tertiary/aromatic N) is 7. The molecule has 2 aliphatic heterocycles. The van der Waals surface area contributed by atoms with Crippen molar-refractivity contribution in [3.8, 4) is 11.8 Å². The van der Waals surface area contributed by atoms with Gasteiger partial charge in [-0.15, -0.1) is 0 Å². The molecule has 16 heteroatoms. The third kappa shape index (κ3) is 6.92. The number of aromatic nitrogens is 2. The van der Waals surface area contributed by atoms with Crippen molar-refractivity contribution in [2.24, 2.45) is 0 Å². The van der Waals surface area contributed by atoms with Crippen LogP contribution in [0.4, 0.5) is 35.2 Å². The third-order valence-electron chi connectivity index (χ3n) is 9.51. The van der Waals surface area contributed by atoms with Crippen molar-refractivity contribution in [2.75, 3.05) is 43.9 Å². The highest BCUT2D eigenvalue weighted by molar-refractivity contribution is 6.00. The fourth-order valence-electron chi connectivity index (χ4n) is 6.89. The number of likely N-dealkylation sites (tertiary alicyclic amines) is 1. The number of likely N-dealkylation sites (N-methyl/N-ethyl adjacent to an activating group) is 1. The van der Waals surface area contributed by atoms with Crippen molar-refractivity contribution in [3.63, 3.8) is 0 Å². The number of nitriles is 1. The van der Waals surface area contributed by atoms with Gasteiger partial charge in [0.1, 0.15) is 22.5 Å². The van der Waals surface area contributed by atoms with Crippen molar-refractivity contribution in [3.05, 3.63) is 74.7 Å². The van der Waals surface area contributed by atoms with Crippen LogP contribution in [0.5, 0.6) is 0 Å². The number of carbonyl (C=O) groups excluding carboxylic acids is 1. The summed E-state index contributed by atoms with van der Waals surface area (Å²) < 4.78 is 51.2. The lowest BCUT2D eigenvalue weighted by Gasteiger charge is -2.43. The monoisotopic (exact) mass is 720 g/mol. The van der Waals surface area contributed by atoms with Gasteiger partial charge in [0.25, 0.3) is 5.56 Å². The fraction of sp³-hybridized carbons (Fsp3) is 0.444. The zero-order valence-corrected chi connectivity index (χ0v) is 29.4. The molecule has 13 nitrogen and oxygen atoms in total. The summed E-state index contributed by atoms with van der Waals surface area (Å²) >= 11 is 0. The molecule has 2 aliphatic rings. The summed E-state index contributed by atoms with van der Waals surface area (Å²) in [5, 5.41) is 26.3. The van der Waals surface area contributed by atoms with E-state index in [2.05, 4.69) is 16.4 Å². The van der Waals surface area contributed by atoms with E-state index in [1.165, 1.54) is 11.0 Å². The molecule has 1 amide bonds. The molecule has 1 N–H and O–H groups in total. The van der Waals surface area contributed by atoms with Crippen LogP contribution in [0.15, 0.2) is 53.3 Å². The standard InChI is InChI=1S/C36H39F3N8O5/c1-35(2,3)52-34(49)45-16-14-22(17-23(45)13-15-40)41-29-26-18-28(36(37,38)39)46(27-12-8-10-21-9-6-7-11-25(21)27)33(48)30(26)42-32(31(29)47(50)51)44-19-24(20-44)43(4)5/h6-12,18,22-24H,13-14,16-17,19-20H2,1-5H3,(H,41,42)/t22-,23+/m0/s1. The molecule has 0 aliphatic carbocycles. The van der Waals surface area contributed by atoms with Crippen LogP contribution in [0, 0.1) is 21.4 Å². The maximum atomic E-state index is 15.0. The summed E-state index contributed by atoms with van der Waals surface area (Å²) in [4.78, 5) is 49.2. The molecule has 0 bridgehead atoms. The van der Waals surface area contributed by atoms with Crippen molar-refractivity contribution in [1.29, 1.82) is 5.26 Å². The van der Waals surface area contributed by atoms with Crippen molar-refractivity contribution in [1.82, 2.24) is 19.4 Å². The molecule has 2 aromatic heterocycles. The summed E-state index contributed by atoms with van der Waals surface area (Å²) in [6.07, 6.45) is -5.39. The molecular weight excluding hydrogens is 681 g/mol. The Hall–Kier alpha value is -5.43. The molecule has 274 valence electrons. The molecule has 0 radical (unpaired) electrons. The molecule has 0 unspecified atom stereocenters. The number of halogens is 3. The number of amides is 1. The number of ether oxygens (including phenoxy) is 1. The first-order chi connectivity index (χ1) is 24.5. The molecule has 2 atom stereocenters. The van der Waals surface area contributed by atoms with Crippen LogP contribution in [0.3, 0.4) is 0 Å². The lowest BCUT2D eigenvalue weighted by Crippen LogP contribution is -2.58. The van der Waals surface area contributed by atoms with E-state index in [1.807, 2.05) is 19.0 Å². The Morgan fingerprint density at radius 1 is 1.13 bits per heavy atom. The summed E-state index contributed by atoms with van der Waals surface area (Å²) in [6, 6.07) is 13.0. The van der Waals surface area contributed by atoms with Crippen LogP contribution in [0.1, 0.15) is 45.7 Å². The molecule has 2 saturated heterocycles. The number of fused-ring (bicyclic) bond motifs is 2. The number of benzene rings is 2. The van der Waals surface area contributed by atoms with E-state index in [4.69, 9.17) is 4.74 Å². The minimum Gasteiger partial charge on any atom is -0.444 e. The topological polar surface area (TPSA) is 150 Å². The molecule has 2 aromatic carbocycles. The highest BCUT2D eigenvalue weighted by atomic mass is 19.4. The predicted molar refractivity (Wildman–Crippen MR) is 190 cm³/mol. The van der Waals surface area contributed by atoms with E-state index in [9.17, 15) is 25.0 Å². The summed E-state index contributed by atoms with van der Waals surface area (Å²) in [5.74, 6) is -0.140. The van der Waals surface area contributed by atoms with E-state index in [0.717, 1.165) is 6.07 Å². The van der Waals surface area contributed by atoms with Gasteiger partial charge >= 0.3 is 18.0 Å². The average molecular weight is 721 g/mol. The quantitative estimate of drug-likeness (QED) is 0.170. The second kappa shape index (κ2) is 13.6. The minimum absolute atomic E-state index is 0.0148. The predicted octanol–water partition coefficient (Wildman–Crippen LogP) is 6.31. The third-order valence-corrected chi connectivity index (χ3v) is 9.51. The number of piperidine rings is 1. The fourth-order valence-corrected chi connectivity index (χ4v) is 6.89. The van der Waals surface area contributed by atoms with Crippen LogP contribution in [0.25, 0.3) is 27.4 Å². The number of hydrogen-bond acceptors (Lipinski definition) is 10. The van der Waals surface area contributed by atoms with Crippen LogP contribution >= 0.6 is 0 Å². The Morgan fingerprint density at radius 3 is 2.46 bits per heavy atom. The number of nitro groups is 1. The molecule has 6 rings (SSSR count). The van der Waals surface area contributed by atoms with E-state index in [1.54, 1.807) is 62.1 Å². The molecule has 4 heterocycles. The number of anilines is 2. The lowest BCUT2D eigenvalue weighted by atomic mass is 9.94. The zero-order chi connectivity index (χ0) is 37.7. The summed E-state index contributed by atoms with van der Waals surface area (Å²) in [5.41, 5.74) is -4.45. The van der Waals surface area contributed by atoms with Gasteiger partial charge in [-0.3, -0.25) is 19.5 Å². The SMILES string of the molecule is CN(C)C1CN(c2nc3c(=O)n(-c4cccc5ccccc45)c(C(F)(F)F)cc3c(N[C@H]3CCN(C(=O)OC(C)(C)C)[C@H](CC#N)C3)c2[N+](=O)[O-])C1. The van der Waals surface area contributed by atoms with Crippen LogP contribution < -0.4 is 15.8 Å². The molecule has 2 fully saturated rings. The molecule has 4 aromatic rings. The number of rotatable bonds is 7. The van der Waals surface area contributed by atoms with E-state index >= 15 is 13.2 Å². The van der Waals surface area contributed by atoms with Gasteiger partial charge in [0.2, 0.25) is 5.82 Å². The largest absolute Gasteiger partial charge is 0.444 e. The Labute approximate surface area is 297 Å². The second-order valence-corrected chi connectivity index (χ2v) is 14.4. The van der Waals surface area contributed by atoms with Gasteiger partial charge in [0.15, 0.2) is 0 Å². The highest BCUT2D eigenvalue weighted by Gasteiger charge is 2.42. The van der Waals surface area contributed by atoms with Crippen molar-refractivity contribution in [2.45, 2.75) is 69.9 Å². The number of alkyl halides is 3. The highest BCUT2D eigenvalue weighted by Crippen LogP contribution is 2.44. The van der Waals surface area contributed by atoms with Crippen molar-refractivity contribution >= 4 is 45.0 Å². The summed E-state index contributed by atoms with van der Waals surface area (Å²) in [7, 11) is 3.72. The van der Waals surface area contributed by atoms with Gasteiger partial charge in [0.05, 0.1) is 23.1 Å². The molecular formula is C36H39F3N8O5. The Kier molecular flexibility index (Phi) is 9.51. The maximum Gasteiger partial charge on any atom is 0.431 e. The van der Waals surface area contributed by atoms with Crippen LogP contribution in [-0.4, -0.2) is 87.8 Å². The molecule has 0 saturated carbocycles. The Morgan fingerprint density at radius 2 is 1.83 bits per heavy atom. The number of carbonyl (C=O) groups is 1. The minimum atomic E-state index is -5.05. The Bertz CT molecular complexity index is 2150. The van der Waals surface area contributed by atoms with Gasteiger partial charge in [-0.05, 0) is 65.2 Å². The lowest BCUT2D eigenvalue weighted by molar-refractivity contribution is -0.383. The normalized spacial score (nSPS) is 18.4. The van der Waals surface area contributed by atoms with E-state index in [-0.39, 0.29) is 59.9 Å². The first-order valence-electron chi connectivity index (χ1n) is 16.9. The molecule has 52 heavy (non-hydrogen) atoms. The summed E-state index contributed by atoms with van der Waals surface area (Å²) in [6.45, 7) is 5.93. The molecule has 0 spiro atoms. The first-order valence-corrected chi connectivity index (χ1v) is 16.9. The maximum absolute atomic E-state index is 15.0. The number of nitrogens with one attached hydrogen (secondary N) is 1. The van der Waals surface area contributed by atoms with Gasteiger partial charge in [-0.2, -0.15) is 18.4 Å². The van der Waals surface area contributed by atoms with Crippen molar-refractivity contribution < 1.29 is 27.6 Å². The van der Waals surface area contributed by atoms with Gasteiger partial charge in [0, 0.05) is 48.5 Å². The first kappa shape index (κ1) is 36.4. The van der Waals surface area contributed by atoms with Gasteiger partial charge in [-0.1, -0.05) is 36.4 Å². The number of hydrogen-bond donors (Lipinski definition) is 1. The number of pyridine rings is 2. The van der Waals surface area contributed by atoms with Crippen LogP contribution in [-0.2, 0) is 10.9 Å². The average Bonchev–Trinajstić information content (AvgIpc) is 3.03. The second-order valence-electron chi connectivity index (χ2n) is 14.4. The smallest absolute Gasteiger partial charge is 0.431 e.